The van der Waals surface area contributed by atoms with Gasteiger partial charge < -0.3 is 11.1 Å². The highest BCUT2D eigenvalue weighted by Crippen LogP contribution is 2.24. The molecular weight excluding hydrogens is 342 g/mol. The Hall–Kier alpha value is -2.87. The number of anilines is 1. The van der Waals surface area contributed by atoms with Crippen LogP contribution in [0.3, 0.4) is 0 Å². The van der Waals surface area contributed by atoms with E-state index in [9.17, 15) is 18.0 Å². The van der Waals surface area contributed by atoms with Gasteiger partial charge in [0, 0.05) is 7.05 Å². The number of benzene rings is 2. The number of carbonyl (C=O) groups excluding carboxylic acids is 2. The molecule has 0 spiro atoms. The van der Waals surface area contributed by atoms with E-state index in [-0.39, 0.29) is 17.0 Å². The molecule has 0 aliphatic rings. The van der Waals surface area contributed by atoms with Gasteiger partial charge in [0.2, 0.25) is 15.9 Å². The third-order valence-corrected chi connectivity index (χ3v) is 5.23. The van der Waals surface area contributed by atoms with Crippen LogP contribution in [0.15, 0.2) is 54.6 Å². The summed E-state index contributed by atoms with van der Waals surface area (Å²) in [4.78, 5) is 23.5. The first kappa shape index (κ1) is 18.5. The number of amides is 2. The van der Waals surface area contributed by atoms with Crippen LogP contribution in [0.5, 0.6) is 0 Å². The Labute approximate surface area is 146 Å². The van der Waals surface area contributed by atoms with Crippen molar-refractivity contribution >= 4 is 27.5 Å². The number of nitrogens with one attached hydrogen (secondary N) is 1. The van der Waals surface area contributed by atoms with Crippen LogP contribution in [0.25, 0.3) is 0 Å². The van der Waals surface area contributed by atoms with Gasteiger partial charge in [0.15, 0.2) is 0 Å². The Balaban J connectivity index is 2.49. The Morgan fingerprint density at radius 2 is 1.64 bits per heavy atom. The van der Waals surface area contributed by atoms with Crippen LogP contribution in [0.1, 0.15) is 15.9 Å². The van der Waals surface area contributed by atoms with Gasteiger partial charge in [0.25, 0.3) is 5.91 Å². The monoisotopic (exact) mass is 361 g/mol. The maximum absolute atomic E-state index is 12.9. The fourth-order valence-electron chi connectivity index (χ4n) is 2.31. The lowest BCUT2D eigenvalue weighted by atomic mass is 10.1. The number of nitrogens with two attached hydrogens (primary N) is 1. The van der Waals surface area contributed by atoms with E-state index in [4.69, 9.17) is 5.73 Å². The average Bonchev–Trinajstić information content (AvgIpc) is 2.59. The van der Waals surface area contributed by atoms with Crippen molar-refractivity contribution in [3.05, 3.63) is 65.7 Å². The van der Waals surface area contributed by atoms with Gasteiger partial charge in [-0.05, 0) is 17.7 Å². The molecule has 0 fully saturated rings. The second-order valence-electron chi connectivity index (χ2n) is 5.30. The Bertz CT molecular complexity index is 866. The van der Waals surface area contributed by atoms with Gasteiger partial charge in [-0.1, -0.05) is 42.5 Å². The molecule has 25 heavy (non-hydrogen) atoms. The molecule has 7 nitrogen and oxygen atoms in total. The van der Waals surface area contributed by atoms with Crippen molar-refractivity contribution in [1.82, 2.24) is 5.32 Å². The molecule has 2 aromatic rings. The van der Waals surface area contributed by atoms with Crippen molar-refractivity contribution in [2.45, 2.75) is 5.75 Å². The molecule has 0 radical (unpaired) electrons. The second-order valence-corrected chi connectivity index (χ2v) is 7.20. The highest BCUT2D eigenvalue weighted by molar-refractivity contribution is 7.92. The molecule has 3 N–H and O–H groups in total. The summed E-state index contributed by atoms with van der Waals surface area (Å²) in [6, 6.07) is 14.6. The van der Waals surface area contributed by atoms with Crippen LogP contribution in [-0.2, 0) is 20.6 Å². The number of carbonyl (C=O) groups is 2. The molecule has 0 saturated carbocycles. The number of likely N-dealkylation sites (N-methyl/N-ethyl adjacent to an activating group) is 1. The first-order chi connectivity index (χ1) is 11.8. The van der Waals surface area contributed by atoms with Crippen molar-refractivity contribution in [2.24, 2.45) is 5.73 Å². The SMILES string of the molecule is CNC(=O)CN(c1ccccc1C(N)=O)S(=O)(=O)Cc1ccccc1. The fourth-order valence-corrected chi connectivity index (χ4v) is 3.85. The smallest absolute Gasteiger partial charge is 0.250 e. The largest absolute Gasteiger partial charge is 0.366 e. The highest BCUT2D eigenvalue weighted by Gasteiger charge is 2.28. The molecule has 0 saturated heterocycles. The molecule has 0 heterocycles. The molecule has 8 heteroatoms. The van der Waals surface area contributed by atoms with Crippen LogP contribution in [0.2, 0.25) is 0 Å². The van der Waals surface area contributed by atoms with Gasteiger partial charge in [-0.25, -0.2) is 8.42 Å². The Morgan fingerprint density at radius 3 is 2.24 bits per heavy atom. The maximum atomic E-state index is 12.9. The van der Waals surface area contributed by atoms with Crippen LogP contribution < -0.4 is 15.4 Å². The molecule has 0 bridgehead atoms. The maximum Gasteiger partial charge on any atom is 0.250 e. The predicted molar refractivity (Wildman–Crippen MR) is 95.4 cm³/mol. The first-order valence-corrected chi connectivity index (χ1v) is 9.10. The number of nitrogens with zero attached hydrogens (tertiary/aromatic N) is 1. The lowest BCUT2D eigenvalue weighted by molar-refractivity contribution is -0.119. The topological polar surface area (TPSA) is 110 Å². The summed E-state index contributed by atoms with van der Waals surface area (Å²) in [6.07, 6.45) is 0. The number of hydrogen-bond acceptors (Lipinski definition) is 4. The van der Waals surface area contributed by atoms with E-state index < -0.39 is 28.4 Å². The molecule has 2 aromatic carbocycles. The van der Waals surface area contributed by atoms with Crippen molar-refractivity contribution in [3.8, 4) is 0 Å². The Kier molecular flexibility index (Phi) is 5.76. The molecule has 0 unspecified atom stereocenters. The molecule has 0 aliphatic heterocycles. The zero-order valence-electron chi connectivity index (χ0n) is 13.7. The first-order valence-electron chi connectivity index (χ1n) is 7.49. The minimum absolute atomic E-state index is 0.0306. The van der Waals surface area contributed by atoms with Gasteiger partial charge in [-0.2, -0.15) is 0 Å². The quantitative estimate of drug-likeness (QED) is 0.762. The van der Waals surface area contributed by atoms with E-state index in [0.29, 0.717) is 5.56 Å². The summed E-state index contributed by atoms with van der Waals surface area (Å²) < 4.78 is 26.8. The summed E-state index contributed by atoms with van der Waals surface area (Å²) in [5.74, 6) is -1.58. The lowest BCUT2D eigenvalue weighted by Crippen LogP contribution is -2.41. The zero-order chi connectivity index (χ0) is 18.4. The molecule has 0 atom stereocenters. The molecule has 2 rings (SSSR count). The molecule has 132 valence electrons. The second kappa shape index (κ2) is 7.80. The van der Waals surface area contributed by atoms with Crippen molar-refractivity contribution in [3.63, 3.8) is 0 Å². The Morgan fingerprint density at radius 1 is 1.04 bits per heavy atom. The molecule has 0 aliphatic carbocycles. The minimum atomic E-state index is -3.92. The van der Waals surface area contributed by atoms with Gasteiger partial charge >= 0.3 is 0 Å². The summed E-state index contributed by atoms with van der Waals surface area (Å²) in [5, 5.41) is 2.39. The van der Waals surface area contributed by atoms with E-state index in [2.05, 4.69) is 5.32 Å². The minimum Gasteiger partial charge on any atom is -0.366 e. The third-order valence-electron chi connectivity index (χ3n) is 3.53. The van der Waals surface area contributed by atoms with Gasteiger partial charge in [-0.15, -0.1) is 0 Å². The number of hydrogen-bond donors (Lipinski definition) is 2. The predicted octanol–water partition coefficient (Wildman–Crippen LogP) is 0.868. The summed E-state index contributed by atoms with van der Waals surface area (Å²) in [6.45, 7) is -0.448. The number of para-hydroxylation sites is 1. The van der Waals surface area contributed by atoms with E-state index >= 15 is 0 Å². The van der Waals surface area contributed by atoms with E-state index in [1.807, 2.05) is 0 Å². The average molecular weight is 361 g/mol. The van der Waals surface area contributed by atoms with Crippen LogP contribution in [-0.4, -0.2) is 33.8 Å². The third kappa shape index (κ3) is 4.57. The zero-order valence-corrected chi connectivity index (χ0v) is 14.5. The highest BCUT2D eigenvalue weighted by atomic mass is 32.2. The standard InChI is InChI=1S/C17H19N3O4S/c1-19-16(21)11-20(15-10-6-5-9-14(15)17(18)22)25(23,24)12-13-7-3-2-4-8-13/h2-10H,11-12H2,1H3,(H2,18,22)(H,19,21). The summed E-state index contributed by atoms with van der Waals surface area (Å²) >= 11 is 0. The van der Waals surface area contributed by atoms with Crippen molar-refractivity contribution in [2.75, 3.05) is 17.9 Å². The lowest BCUT2D eigenvalue weighted by Gasteiger charge is -2.25. The normalized spacial score (nSPS) is 10.9. The molecule has 0 aromatic heterocycles. The van der Waals surface area contributed by atoms with E-state index in [1.54, 1.807) is 42.5 Å². The molecule has 2 amide bonds. The number of sulfonamides is 1. The van der Waals surface area contributed by atoms with Gasteiger partial charge in [0.05, 0.1) is 17.0 Å². The van der Waals surface area contributed by atoms with Crippen LogP contribution in [0, 0.1) is 0 Å². The summed E-state index contributed by atoms with van der Waals surface area (Å²) in [5.41, 5.74) is 6.03. The molecular formula is C17H19N3O4S. The van der Waals surface area contributed by atoms with Crippen LogP contribution >= 0.6 is 0 Å². The summed E-state index contributed by atoms with van der Waals surface area (Å²) in [7, 11) is -2.52. The number of primary amides is 1. The van der Waals surface area contributed by atoms with Crippen LogP contribution in [0.4, 0.5) is 5.69 Å². The van der Waals surface area contributed by atoms with Gasteiger partial charge in [0.1, 0.15) is 6.54 Å². The van der Waals surface area contributed by atoms with Crippen molar-refractivity contribution < 1.29 is 18.0 Å². The van der Waals surface area contributed by atoms with E-state index in [0.717, 1.165) is 4.31 Å². The van der Waals surface area contributed by atoms with Crippen molar-refractivity contribution in [1.29, 1.82) is 0 Å². The number of rotatable bonds is 7. The van der Waals surface area contributed by atoms with E-state index in [1.165, 1.54) is 19.2 Å². The van der Waals surface area contributed by atoms with Gasteiger partial charge in [-0.3, -0.25) is 13.9 Å². The fraction of sp³-hybridized carbons (Fsp3) is 0.176.